The molecule has 0 saturated carbocycles. The Morgan fingerprint density at radius 2 is 2.26 bits per heavy atom. The Morgan fingerprint density at radius 3 is 3.00 bits per heavy atom. The monoisotopic (exact) mass is 273 g/mol. The average Bonchev–Trinajstić information content (AvgIpc) is 2.93. The van der Waals surface area contributed by atoms with Crippen molar-refractivity contribution in [3.05, 3.63) is 35.5 Å². The molecule has 0 aliphatic carbocycles. The third-order valence-electron chi connectivity index (χ3n) is 2.62. The van der Waals surface area contributed by atoms with E-state index in [4.69, 9.17) is 0 Å². The molecule has 0 fully saturated rings. The van der Waals surface area contributed by atoms with Gasteiger partial charge in [-0.05, 0) is 12.1 Å². The van der Waals surface area contributed by atoms with Crippen LogP contribution in [0.4, 0.5) is 10.9 Å². The number of pyridine rings is 1. The van der Waals surface area contributed by atoms with E-state index in [0.717, 1.165) is 16.5 Å². The minimum absolute atomic E-state index is 0.0548. The smallest absolute Gasteiger partial charge is 0.240 e. The molecule has 3 rings (SSSR count). The van der Waals surface area contributed by atoms with E-state index in [1.165, 1.54) is 11.3 Å². The minimum atomic E-state index is -0.0548. The van der Waals surface area contributed by atoms with Crippen LogP contribution in [0.25, 0.3) is 0 Å². The lowest BCUT2D eigenvalue weighted by Crippen LogP contribution is -2.26. The number of anilines is 2. The number of thiazole rings is 1. The number of amides is 1. The molecule has 19 heavy (non-hydrogen) atoms. The number of hydrogen-bond donors (Lipinski definition) is 2. The van der Waals surface area contributed by atoms with Gasteiger partial charge in [-0.25, -0.2) is 15.4 Å². The van der Waals surface area contributed by atoms with Gasteiger partial charge in [-0.3, -0.25) is 4.79 Å². The number of aromatic nitrogens is 2. The topological polar surface area (TPSA) is 79.3 Å². The Balaban J connectivity index is 1.82. The van der Waals surface area contributed by atoms with E-state index in [-0.39, 0.29) is 5.91 Å². The molecular formula is C12H11N5OS. The zero-order valence-corrected chi connectivity index (χ0v) is 10.8. The van der Waals surface area contributed by atoms with Crippen molar-refractivity contribution in [1.29, 1.82) is 0 Å². The molecule has 2 aromatic rings. The minimum Gasteiger partial charge on any atom is -0.316 e. The van der Waals surface area contributed by atoms with E-state index in [0.29, 0.717) is 18.7 Å². The van der Waals surface area contributed by atoms with Gasteiger partial charge in [0, 0.05) is 24.4 Å². The molecule has 6 nitrogen and oxygen atoms in total. The third kappa shape index (κ3) is 2.76. The summed E-state index contributed by atoms with van der Waals surface area (Å²) in [4.78, 5) is 19.7. The summed E-state index contributed by atoms with van der Waals surface area (Å²) in [6, 6.07) is 5.65. The Kier molecular flexibility index (Phi) is 3.20. The van der Waals surface area contributed by atoms with E-state index in [1.54, 1.807) is 6.20 Å². The lowest BCUT2D eigenvalue weighted by atomic mass is 10.1. The second kappa shape index (κ2) is 5.15. The number of hydrazone groups is 1. The van der Waals surface area contributed by atoms with Gasteiger partial charge in [0.05, 0.1) is 11.4 Å². The summed E-state index contributed by atoms with van der Waals surface area (Å²) in [5.74, 6) is 0.660. The van der Waals surface area contributed by atoms with Gasteiger partial charge in [-0.1, -0.05) is 6.07 Å². The number of nitrogens with zero attached hydrogens (tertiary/aromatic N) is 3. The Bertz CT molecular complexity index is 623. The molecule has 0 bridgehead atoms. The lowest BCUT2D eigenvalue weighted by Gasteiger charge is -2.12. The van der Waals surface area contributed by atoms with Crippen LogP contribution < -0.4 is 10.7 Å². The first kappa shape index (κ1) is 11.8. The standard InChI is InChI=1S/C12H11N5OS/c18-11-5-4-9(16-17-11)8-2-1-3-10(14-8)15-12-13-6-7-19-12/h1-3,6-7H,4-5H2,(H,17,18)(H,13,14,15). The number of carbonyl (C=O) groups is 1. The summed E-state index contributed by atoms with van der Waals surface area (Å²) in [6.07, 6.45) is 2.79. The molecule has 0 radical (unpaired) electrons. The van der Waals surface area contributed by atoms with Crippen LogP contribution in [0, 0.1) is 0 Å². The zero-order valence-electron chi connectivity index (χ0n) is 9.96. The predicted octanol–water partition coefficient (Wildman–Crippen LogP) is 1.90. The third-order valence-corrected chi connectivity index (χ3v) is 3.31. The molecule has 0 spiro atoms. The lowest BCUT2D eigenvalue weighted by molar-refractivity contribution is -0.121. The van der Waals surface area contributed by atoms with Crippen molar-refractivity contribution in [1.82, 2.24) is 15.4 Å². The van der Waals surface area contributed by atoms with Crippen LogP contribution in [-0.2, 0) is 4.79 Å². The van der Waals surface area contributed by atoms with E-state index in [1.807, 2.05) is 23.6 Å². The van der Waals surface area contributed by atoms with Gasteiger partial charge in [0.15, 0.2) is 5.13 Å². The summed E-state index contributed by atoms with van der Waals surface area (Å²) in [7, 11) is 0. The molecular weight excluding hydrogens is 262 g/mol. The Labute approximate surface area is 113 Å². The van der Waals surface area contributed by atoms with Crippen LogP contribution in [0.5, 0.6) is 0 Å². The molecule has 3 heterocycles. The molecule has 0 unspecified atom stereocenters. The fraction of sp³-hybridized carbons (Fsp3) is 0.167. The average molecular weight is 273 g/mol. The van der Waals surface area contributed by atoms with Gasteiger partial charge in [0.1, 0.15) is 5.82 Å². The van der Waals surface area contributed by atoms with Crippen molar-refractivity contribution in [3.8, 4) is 0 Å². The van der Waals surface area contributed by atoms with Crippen LogP contribution in [0.2, 0.25) is 0 Å². The first-order valence-corrected chi connectivity index (χ1v) is 6.68. The highest BCUT2D eigenvalue weighted by Crippen LogP contribution is 2.18. The molecule has 1 aliphatic heterocycles. The second-order valence-electron chi connectivity index (χ2n) is 3.96. The van der Waals surface area contributed by atoms with E-state index in [9.17, 15) is 4.79 Å². The van der Waals surface area contributed by atoms with Crippen LogP contribution in [-0.4, -0.2) is 21.6 Å². The van der Waals surface area contributed by atoms with Crippen LogP contribution in [0.15, 0.2) is 34.9 Å². The SMILES string of the molecule is O=C1CCC(c2cccc(Nc3nccs3)n2)=NN1. The maximum absolute atomic E-state index is 11.1. The Hall–Kier alpha value is -2.28. The van der Waals surface area contributed by atoms with Crippen molar-refractivity contribution in [2.45, 2.75) is 12.8 Å². The summed E-state index contributed by atoms with van der Waals surface area (Å²) in [5, 5.41) is 9.85. The van der Waals surface area contributed by atoms with E-state index >= 15 is 0 Å². The molecule has 0 aromatic carbocycles. The second-order valence-corrected chi connectivity index (χ2v) is 4.86. The number of rotatable bonds is 3. The highest BCUT2D eigenvalue weighted by molar-refractivity contribution is 7.13. The maximum Gasteiger partial charge on any atom is 0.240 e. The largest absolute Gasteiger partial charge is 0.316 e. The fourth-order valence-electron chi connectivity index (χ4n) is 1.72. The maximum atomic E-state index is 11.1. The van der Waals surface area contributed by atoms with Crippen molar-refractivity contribution in [3.63, 3.8) is 0 Å². The zero-order chi connectivity index (χ0) is 13.1. The molecule has 1 amide bonds. The van der Waals surface area contributed by atoms with Crippen LogP contribution >= 0.6 is 11.3 Å². The van der Waals surface area contributed by atoms with Crippen molar-refractivity contribution < 1.29 is 4.79 Å². The van der Waals surface area contributed by atoms with Gasteiger partial charge in [-0.15, -0.1) is 11.3 Å². The summed E-state index contributed by atoms with van der Waals surface area (Å²) in [5.41, 5.74) is 4.03. The highest BCUT2D eigenvalue weighted by Gasteiger charge is 2.14. The van der Waals surface area contributed by atoms with Crippen LogP contribution in [0.3, 0.4) is 0 Å². The van der Waals surface area contributed by atoms with Crippen molar-refractivity contribution >= 4 is 33.9 Å². The molecule has 0 saturated heterocycles. The molecule has 2 N–H and O–H groups in total. The summed E-state index contributed by atoms with van der Waals surface area (Å²) in [6.45, 7) is 0. The first-order chi connectivity index (χ1) is 9.31. The van der Waals surface area contributed by atoms with Gasteiger partial charge in [0.2, 0.25) is 5.91 Å². The van der Waals surface area contributed by atoms with Gasteiger partial charge >= 0.3 is 0 Å². The predicted molar refractivity (Wildman–Crippen MR) is 73.5 cm³/mol. The molecule has 96 valence electrons. The number of carbonyl (C=O) groups excluding carboxylic acids is 1. The van der Waals surface area contributed by atoms with Crippen molar-refractivity contribution in [2.75, 3.05) is 5.32 Å². The quantitative estimate of drug-likeness (QED) is 0.895. The van der Waals surface area contributed by atoms with E-state index in [2.05, 4.69) is 25.8 Å². The van der Waals surface area contributed by atoms with Gasteiger partial charge in [0.25, 0.3) is 0 Å². The molecule has 7 heteroatoms. The Morgan fingerprint density at radius 1 is 1.32 bits per heavy atom. The van der Waals surface area contributed by atoms with E-state index < -0.39 is 0 Å². The normalized spacial score (nSPS) is 14.7. The molecule has 1 aliphatic rings. The van der Waals surface area contributed by atoms with Crippen LogP contribution in [0.1, 0.15) is 18.5 Å². The molecule has 0 atom stereocenters. The number of nitrogens with one attached hydrogen (secondary N) is 2. The van der Waals surface area contributed by atoms with Crippen molar-refractivity contribution in [2.24, 2.45) is 5.10 Å². The summed E-state index contributed by atoms with van der Waals surface area (Å²) < 4.78 is 0. The highest BCUT2D eigenvalue weighted by atomic mass is 32.1. The first-order valence-electron chi connectivity index (χ1n) is 5.80. The number of hydrogen-bond acceptors (Lipinski definition) is 6. The van der Waals surface area contributed by atoms with Gasteiger partial charge in [-0.2, -0.15) is 5.10 Å². The van der Waals surface area contributed by atoms with Gasteiger partial charge < -0.3 is 5.32 Å². The summed E-state index contributed by atoms with van der Waals surface area (Å²) >= 11 is 1.51. The molecule has 2 aromatic heterocycles. The fourth-order valence-corrected chi connectivity index (χ4v) is 2.25.